The smallest absolute Gasteiger partial charge is 0.161 e. The maximum atomic E-state index is 5.94. The Labute approximate surface area is 117 Å². The van der Waals surface area contributed by atoms with Crippen molar-refractivity contribution >= 4 is 0 Å². The van der Waals surface area contributed by atoms with Gasteiger partial charge in [-0.2, -0.15) is 0 Å². The van der Waals surface area contributed by atoms with Crippen LogP contribution in [0.2, 0.25) is 0 Å². The molecule has 0 heterocycles. The Morgan fingerprint density at radius 3 is 2.53 bits per heavy atom. The molecule has 0 fully saturated rings. The summed E-state index contributed by atoms with van der Waals surface area (Å²) in [7, 11) is 0. The molecular formula is C16H27NO2. The molecule has 0 amide bonds. The zero-order chi connectivity index (χ0) is 13.9. The molecule has 3 heteroatoms. The SMILES string of the molecule is CCCCNCC(C)Oc1ccccc1OCCC. The summed E-state index contributed by atoms with van der Waals surface area (Å²) in [5.41, 5.74) is 0. The molecule has 0 aliphatic carbocycles. The van der Waals surface area contributed by atoms with Crippen LogP contribution in [-0.2, 0) is 0 Å². The Morgan fingerprint density at radius 2 is 1.84 bits per heavy atom. The first-order chi connectivity index (χ1) is 9.27. The van der Waals surface area contributed by atoms with Gasteiger partial charge in [-0.05, 0) is 38.4 Å². The van der Waals surface area contributed by atoms with Crippen LogP contribution < -0.4 is 14.8 Å². The van der Waals surface area contributed by atoms with Crippen molar-refractivity contribution in [3.8, 4) is 11.5 Å². The summed E-state index contributed by atoms with van der Waals surface area (Å²) in [4.78, 5) is 0. The lowest BCUT2D eigenvalue weighted by atomic mass is 10.3. The van der Waals surface area contributed by atoms with E-state index in [1.807, 2.05) is 24.3 Å². The average molecular weight is 265 g/mol. The van der Waals surface area contributed by atoms with Crippen molar-refractivity contribution in [2.75, 3.05) is 19.7 Å². The van der Waals surface area contributed by atoms with Gasteiger partial charge in [0.05, 0.1) is 6.61 Å². The van der Waals surface area contributed by atoms with E-state index in [1.165, 1.54) is 12.8 Å². The summed E-state index contributed by atoms with van der Waals surface area (Å²) in [5.74, 6) is 1.67. The molecule has 0 spiro atoms. The van der Waals surface area contributed by atoms with Crippen molar-refractivity contribution < 1.29 is 9.47 Å². The van der Waals surface area contributed by atoms with E-state index < -0.39 is 0 Å². The van der Waals surface area contributed by atoms with Gasteiger partial charge in [0.2, 0.25) is 0 Å². The van der Waals surface area contributed by atoms with Gasteiger partial charge in [-0.25, -0.2) is 0 Å². The second kappa shape index (κ2) is 9.68. The van der Waals surface area contributed by atoms with Gasteiger partial charge in [0.1, 0.15) is 6.10 Å². The summed E-state index contributed by atoms with van der Waals surface area (Å²) in [6.07, 6.45) is 3.57. The molecule has 1 aromatic rings. The molecule has 3 nitrogen and oxygen atoms in total. The fourth-order valence-corrected chi connectivity index (χ4v) is 1.74. The van der Waals surface area contributed by atoms with Crippen LogP contribution in [0, 0.1) is 0 Å². The summed E-state index contributed by atoms with van der Waals surface area (Å²) in [5, 5.41) is 3.40. The normalized spacial score (nSPS) is 12.2. The minimum Gasteiger partial charge on any atom is -0.490 e. The molecule has 1 rings (SSSR count). The van der Waals surface area contributed by atoms with Crippen LogP contribution in [0.15, 0.2) is 24.3 Å². The van der Waals surface area contributed by atoms with Gasteiger partial charge < -0.3 is 14.8 Å². The van der Waals surface area contributed by atoms with E-state index in [-0.39, 0.29) is 6.10 Å². The Balaban J connectivity index is 2.41. The molecule has 0 aliphatic rings. The number of nitrogens with one attached hydrogen (secondary N) is 1. The highest BCUT2D eigenvalue weighted by molar-refractivity contribution is 5.39. The van der Waals surface area contributed by atoms with E-state index in [2.05, 4.69) is 26.1 Å². The first-order valence-electron chi connectivity index (χ1n) is 7.37. The first kappa shape index (κ1) is 15.8. The third-order valence-electron chi connectivity index (χ3n) is 2.78. The highest BCUT2D eigenvalue weighted by Gasteiger charge is 2.08. The summed E-state index contributed by atoms with van der Waals surface area (Å²) < 4.78 is 11.6. The van der Waals surface area contributed by atoms with Gasteiger partial charge in [0.15, 0.2) is 11.5 Å². The molecule has 0 radical (unpaired) electrons. The molecule has 1 atom stereocenters. The van der Waals surface area contributed by atoms with Crippen LogP contribution in [0.3, 0.4) is 0 Å². The quantitative estimate of drug-likeness (QED) is 0.655. The largest absolute Gasteiger partial charge is 0.490 e. The molecule has 1 unspecified atom stereocenters. The van der Waals surface area contributed by atoms with Crippen LogP contribution in [-0.4, -0.2) is 25.8 Å². The highest BCUT2D eigenvalue weighted by atomic mass is 16.5. The lowest BCUT2D eigenvalue weighted by Crippen LogP contribution is -2.29. The Kier molecular flexibility index (Phi) is 8.07. The lowest BCUT2D eigenvalue weighted by molar-refractivity contribution is 0.201. The Morgan fingerprint density at radius 1 is 1.11 bits per heavy atom. The van der Waals surface area contributed by atoms with Gasteiger partial charge >= 0.3 is 0 Å². The van der Waals surface area contributed by atoms with Gasteiger partial charge in [-0.15, -0.1) is 0 Å². The Bertz CT molecular complexity index is 341. The maximum absolute atomic E-state index is 5.94. The number of unbranched alkanes of at least 4 members (excludes halogenated alkanes) is 1. The predicted molar refractivity (Wildman–Crippen MR) is 80.1 cm³/mol. The van der Waals surface area contributed by atoms with Crippen LogP contribution in [0.25, 0.3) is 0 Å². The van der Waals surface area contributed by atoms with Crippen LogP contribution in [0.1, 0.15) is 40.0 Å². The summed E-state index contributed by atoms with van der Waals surface area (Å²) >= 11 is 0. The van der Waals surface area contributed by atoms with Gasteiger partial charge in [0.25, 0.3) is 0 Å². The minimum absolute atomic E-state index is 0.142. The van der Waals surface area contributed by atoms with Crippen LogP contribution in [0.5, 0.6) is 11.5 Å². The lowest BCUT2D eigenvalue weighted by Gasteiger charge is -2.18. The van der Waals surface area contributed by atoms with E-state index in [0.29, 0.717) is 0 Å². The number of rotatable bonds is 10. The van der Waals surface area contributed by atoms with Gasteiger partial charge in [-0.1, -0.05) is 32.4 Å². The van der Waals surface area contributed by atoms with Crippen LogP contribution in [0.4, 0.5) is 0 Å². The van der Waals surface area contributed by atoms with Crippen LogP contribution >= 0.6 is 0 Å². The second-order valence-electron chi connectivity index (χ2n) is 4.78. The second-order valence-corrected chi connectivity index (χ2v) is 4.78. The molecular weight excluding hydrogens is 238 g/mol. The molecule has 0 aromatic heterocycles. The van der Waals surface area contributed by atoms with E-state index in [1.54, 1.807) is 0 Å². The van der Waals surface area contributed by atoms with E-state index in [9.17, 15) is 0 Å². The topological polar surface area (TPSA) is 30.5 Å². The van der Waals surface area contributed by atoms with Crippen molar-refractivity contribution in [3.05, 3.63) is 24.3 Å². The summed E-state index contributed by atoms with van der Waals surface area (Å²) in [6.45, 7) is 9.02. The fraction of sp³-hybridized carbons (Fsp3) is 0.625. The zero-order valence-corrected chi connectivity index (χ0v) is 12.4. The average Bonchev–Trinajstić information content (AvgIpc) is 2.43. The summed E-state index contributed by atoms with van der Waals surface area (Å²) in [6, 6.07) is 7.88. The van der Waals surface area contributed by atoms with Crippen molar-refractivity contribution in [3.63, 3.8) is 0 Å². The van der Waals surface area contributed by atoms with E-state index in [0.717, 1.165) is 37.6 Å². The van der Waals surface area contributed by atoms with Crippen molar-refractivity contribution in [2.45, 2.75) is 46.1 Å². The molecule has 0 saturated heterocycles. The monoisotopic (exact) mass is 265 g/mol. The third kappa shape index (κ3) is 6.48. The Hall–Kier alpha value is -1.22. The maximum Gasteiger partial charge on any atom is 0.161 e. The first-order valence-corrected chi connectivity index (χ1v) is 7.37. The number of hydrogen-bond acceptors (Lipinski definition) is 3. The highest BCUT2D eigenvalue weighted by Crippen LogP contribution is 2.27. The molecule has 0 bridgehead atoms. The van der Waals surface area contributed by atoms with Crippen molar-refractivity contribution in [2.24, 2.45) is 0 Å². The van der Waals surface area contributed by atoms with Gasteiger partial charge in [-0.3, -0.25) is 0 Å². The van der Waals surface area contributed by atoms with Crippen molar-refractivity contribution in [1.29, 1.82) is 0 Å². The van der Waals surface area contributed by atoms with Crippen molar-refractivity contribution in [1.82, 2.24) is 5.32 Å². The zero-order valence-electron chi connectivity index (χ0n) is 12.4. The number of benzene rings is 1. The number of ether oxygens (including phenoxy) is 2. The van der Waals surface area contributed by atoms with Gasteiger partial charge in [0, 0.05) is 6.54 Å². The third-order valence-corrected chi connectivity index (χ3v) is 2.78. The van der Waals surface area contributed by atoms with E-state index >= 15 is 0 Å². The number of hydrogen-bond donors (Lipinski definition) is 1. The standard InChI is InChI=1S/C16H27NO2/c1-4-6-11-17-13-14(3)19-16-10-8-7-9-15(16)18-12-5-2/h7-10,14,17H,4-6,11-13H2,1-3H3. The minimum atomic E-state index is 0.142. The molecule has 0 aliphatic heterocycles. The molecule has 0 saturated carbocycles. The predicted octanol–water partition coefficient (Wildman–Crippen LogP) is 3.63. The molecule has 1 N–H and O–H groups in total. The fourth-order valence-electron chi connectivity index (χ4n) is 1.74. The number of para-hydroxylation sites is 2. The van der Waals surface area contributed by atoms with E-state index in [4.69, 9.17) is 9.47 Å². The molecule has 19 heavy (non-hydrogen) atoms. The molecule has 1 aromatic carbocycles. The molecule has 108 valence electrons.